The lowest BCUT2D eigenvalue weighted by molar-refractivity contribution is 0.0161. The van der Waals surface area contributed by atoms with Crippen molar-refractivity contribution in [2.24, 2.45) is 17.8 Å². The molecule has 3 unspecified atom stereocenters. The number of esters is 1. The second kappa shape index (κ2) is 11.2. The molecule has 2 heteroatoms. The van der Waals surface area contributed by atoms with E-state index in [0.29, 0.717) is 11.5 Å². The number of benzene rings is 1. The van der Waals surface area contributed by atoms with Crippen molar-refractivity contribution in [3.63, 3.8) is 0 Å². The molecule has 2 saturated carbocycles. The molecule has 29 heavy (non-hydrogen) atoms. The van der Waals surface area contributed by atoms with Gasteiger partial charge in [-0.2, -0.15) is 0 Å². The van der Waals surface area contributed by atoms with Crippen LogP contribution in [-0.4, -0.2) is 12.1 Å². The number of rotatable bonds is 8. The summed E-state index contributed by atoms with van der Waals surface area (Å²) in [5.74, 6) is 3.01. The van der Waals surface area contributed by atoms with Crippen LogP contribution in [-0.2, 0) is 4.74 Å². The topological polar surface area (TPSA) is 26.3 Å². The first-order chi connectivity index (χ1) is 14.1. The van der Waals surface area contributed by atoms with Gasteiger partial charge < -0.3 is 4.74 Å². The SMILES string of the molecule is CCCCC1CCC(c2ccc(C(=O)O[C@H]3CC[C@H](CCC)CC3)cc2)C(C)C1. The van der Waals surface area contributed by atoms with Crippen LogP contribution >= 0.6 is 0 Å². The van der Waals surface area contributed by atoms with E-state index < -0.39 is 0 Å². The van der Waals surface area contributed by atoms with Crippen molar-refractivity contribution in [3.8, 4) is 0 Å². The second-order valence-electron chi connectivity index (χ2n) is 9.86. The van der Waals surface area contributed by atoms with Crippen LogP contribution in [0.2, 0.25) is 0 Å². The van der Waals surface area contributed by atoms with Crippen LogP contribution in [0.15, 0.2) is 24.3 Å². The van der Waals surface area contributed by atoms with Gasteiger partial charge in [0.25, 0.3) is 0 Å². The van der Waals surface area contributed by atoms with Crippen molar-refractivity contribution in [2.45, 2.75) is 110 Å². The average molecular weight is 399 g/mol. The molecule has 3 rings (SSSR count). The molecule has 2 aliphatic rings. The third-order valence-corrected chi connectivity index (χ3v) is 7.58. The van der Waals surface area contributed by atoms with E-state index in [9.17, 15) is 4.79 Å². The fraction of sp³-hybridized carbons (Fsp3) is 0.741. The van der Waals surface area contributed by atoms with Crippen LogP contribution in [0.5, 0.6) is 0 Å². The molecule has 0 amide bonds. The molecule has 1 aromatic carbocycles. The maximum absolute atomic E-state index is 12.6. The van der Waals surface area contributed by atoms with E-state index >= 15 is 0 Å². The number of unbranched alkanes of at least 4 members (excludes halogenated alkanes) is 1. The average Bonchev–Trinajstić information content (AvgIpc) is 2.74. The van der Waals surface area contributed by atoms with Crippen molar-refractivity contribution in [2.75, 3.05) is 0 Å². The molecule has 162 valence electrons. The smallest absolute Gasteiger partial charge is 0.338 e. The highest BCUT2D eigenvalue weighted by Gasteiger charge is 2.29. The number of carbonyl (C=O) groups excluding carboxylic acids is 1. The standard InChI is InChI=1S/C27H42O2/c1-4-6-8-22-11-18-26(20(3)19-22)23-12-14-24(15-13-23)27(28)29-25-16-9-21(7-5-2)10-17-25/h12-15,20-22,25-26H,4-11,16-19H2,1-3H3/t20?,21-,22?,25-,26?. The molecular weight excluding hydrogens is 356 g/mol. The fourth-order valence-corrected chi connectivity index (χ4v) is 5.79. The summed E-state index contributed by atoms with van der Waals surface area (Å²) in [5, 5.41) is 0. The van der Waals surface area contributed by atoms with Gasteiger partial charge in [0.1, 0.15) is 6.10 Å². The van der Waals surface area contributed by atoms with E-state index in [1.807, 2.05) is 12.1 Å². The molecule has 0 heterocycles. The molecule has 0 bridgehead atoms. The second-order valence-corrected chi connectivity index (χ2v) is 9.86. The highest BCUT2D eigenvalue weighted by molar-refractivity contribution is 5.89. The van der Waals surface area contributed by atoms with Gasteiger partial charge in [0.05, 0.1) is 5.56 Å². The van der Waals surface area contributed by atoms with E-state index in [4.69, 9.17) is 4.74 Å². The summed E-state index contributed by atoms with van der Waals surface area (Å²) < 4.78 is 5.82. The molecule has 0 aliphatic heterocycles. The third kappa shape index (κ3) is 6.33. The van der Waals surface area contributed by atoms with E-state index in [-0.39, 0.29) is 12.1 Å². The van der Waals surface area contributed by atoms with Gasteiger partial charge in [0.15, 0.2) is 0 Å². The molecule has 2 nitrogen and oxygen atoms in total. The van der Waals surface area contributed by atoms with Gasteiger partial charge in [-0.25, -0.2) is 4.79 Å². The first-order valence-corrected chi connectivity index (χ1v) is 12.4. The maximum atomic E-state index is 12.6. The van der Waals surface area contributed by atoms with Crippen LogP contribution in [0.1, 0.15) is 120 Å². The Morgan fingerprint density at radius 2 is 1.59 bits per heavy atom. The minimum absolute atomic E-state index is 0.119. The Morgan fingerprint density at radius 1 is 0.897 bits per heavy atom. The summed E-state index contributed by atoms with van der Waals surface area (Å²) in [6, 6.07) is 8.36. The minimum Gasteiger partial charge on any atom is -0.459 e. The van der Waals surface area contributed by atoms with Gasteiger partial charge in [-0.15, -0.1) is 0 Å². The molecule has 1 aromatic rings. The highest BCUT2D eigenvalue weighted by Crippen LogP contribution is 2.41. The number of hydrogen-bond donors (Lipinski definition) is 0. The van der Waals surface area contributed by atoms with E-state index in [2.05, 4.69) is 32.9 Å². The van der Waals surface area contributed by atoms with E-state index in [1.54, 1.807) is 0 Å². The number of ether oxygens (including phenoxy) is 1. The lowest BCUT2D eigenvalue weighted by Gasteiger charge is -2.34. The zero-order chi connectivity index (χ0) is 20.6. The largest absolute Gasteiger partial charge is 0.459 e. The summed E-state index contributed by atoms with van der Waals surface area (Å²) in [4.78, 5) is 12.6. The monoisotopic (exact) mass is 398 g/mol. The molecule has 0 N–H and O–H groups in total. The molecular formula is C27H42O2. The molecule has 0 radical (unpaired) electrons. The van der Waals surface area contributed by atoms with Crippen LogP contribution in [0, 0.1) is 17.8 Å². The molecule has 2 aliphatic carbocycles. The fourth-order valence-electron chi connectivity index (χ4n) is 5.79. The van der Waals surface area contributed by atoms with Crippen molar-refractivity contribution in [1.82, 2.24) is 0 Å². The molecule has 0 aromatic heterocycles. The van der Waals surface area contributed by atoms with Gasteiger partial charge in [-0.1, -0.05) is 65.0 Å². The van der Waals surface area contributed by atoms with Crippen molar-refractivity contribution < 1.29 is 9.53 Å². The van der Waals surface area contributed by atoms with Crippen molar-refractivity contribution >= 4 is 5.97 Å². The molecule has 3 atom stereocenters. The van der Waals surface area contributed by atoms with E-state index in [0.717, 1.165) is 30.6 Å². The molecule has 2 fully saturated rings. The van der Waals surface area contributed by atoms with Crippen LogP contribution in [0.4, 0.5) is 0 Å². The maximum Gasteiger partial charge on any atom is 0.338 e. The third-order valence-electron chi connectivity index (χ3n) is 7.58. The summed E-state index contributed by atoms with van der Waals surface area (Å²) in [6.07, 6.45) is 15.3. The van der Waals surface area contributed by atoms with Crippen molar-refractivity contribution in [1.29, 1.82) is 0 Å². The minimum atomic E-state index is -0.133. The lowest BCUT2D eigenvalue weighted by atomic mass is 9.71. The zero-order valence-electron chi connectivity index (χ0n) is 19.0. The Labute approximate surface area is 178 Å². The van der Waals surface area contributed by atoms with Crippen LogP contribution in [0.3, 0.4) is 0 Å². The van der Waals surface area contributed by atoms with Gasteiger partial charge in [-0.05, 0) is 86.3 Å². The van der Waals surface area contributed by atoms with E-state index in [1.165, 1.54) is 69.8 Å². The molecule has 0 saturated heterocycles. The van der Waals surface area contributed by atoms with Crippen molar-refractivity contribution in [3.05, 3.63) is 35.4 Å². The first kappa shape index (κ1) is 22.4. The van der Waals surface area contributed by atoms with Gasteiger partial charge in [0, 0.05) is 0 Å². The van der Waals surface area contributed by atoms with Gasteiger partial charge >= 0.3 is 5.97 Å². The zero-order valence-corrected chi connectivity index (χ0v) is 19.0. The Balaban J connectivity index is 1.49. The lowest BCUT2D eigenvalue weighted by Crippen LogP contribution is -2.24. The Bertz CT molecular complexity index is 612. The number of carbonyl (C=O) groups is 1. The first-order valence-electron chi connectivity index (χ1n) is 12.4. The van der Waals surface area contributed by atoms with Crippen LogP contribution < -0.4 is 0 Å². The summed E-state index contributed by atoms with van der Waals surface area (Å²) in [7, 11) is 0. The Kier molecular flexibility index (Phi) is 8.63. The molecule has 0 spiro atoms. The van der Waals surface area contributed by atoms with Gasteiger partial charge in [-0.3, -0.25) is 0 Å². The quantitative estimate of drug-likeness (QED) is 0.416. The summed E-state index contributed by atoms with van der Waals surface area (Å²) in [6.45, 7) is 6.97. The number of hydrogen-bond acceptors (Lipinski definition) is 2. The Morgan fingerprint density at radius 3 is 2.21 bits per heavy atom. The highest BCUT2D eigenvalue weighted by atomic mass is 16.5. The van der Waals surface area contributed by atoms with Crippen LogP contribution in [0.25, 0.3) is 0 Å². The predicted molar refractivity (Wildman–Crippen MR) is 121 cm³/mol. The predicted octanol–water partition coefficient (Wildman–Crippen LogP) is 7.91. The Hall–Kier alpha value is -1.31. The normalized spacial score (nSPS) is 30.1. The summed E-state index contributed by atoms with van der Waals surface area (Å²) >= 11 is 0. The van der Waals surface area contributed by atoms with Gasteiger partial charge in [0.2, 0.25) is 0 Å². The summed E-state index contributed by atoms with van der Waals surface area (Å²) in [5.41, 5.74) is 2.12.